The maximum Gasteiger partial charge on any atom is 0.190 e. The minimum atomic E-state index is 0.613. The first-order chi connectivity index (χ1) is 11.7. The van der Waals surface area contributed by atoms with Crippen molar-refractivity contribution < 1.29 is 0 Å². The topological polar surface area (TPSA) is 72.3 Å². The third-order valence-electron chi connectivity index (χ3n) is 3.76. The van der Waals surface area contributed by atoms with E-state index in [9.17, 15) is 0 Å². The van der Waals surface area contributed by atoms with Crippen LogP contribution in [0.1, 0.15) is 5.56 Å². The van der Waals surface area contributed by atoms with Crippen molar-refractivity contribution in [3.8, 4) is 28.3 Å². The molecule has 7 heteroatoms. The largest absolute Gasteiger partial charge is 0.277 e. The molecule has 1 N–H and O–H groups in total. The van der Waals surface area contributed by atoms with E-state index in [4.69, 9.17) is 11.6 Å². The number of benzene rings is 2. The lowest BCUT2D eigenvalue weighted by Crippen LogP contribution is -1.99. The van der Waals surface area contributed by atoms with Crippen molar-refractivity contribution in [2.75, 3.05) is 0 Å². The number of hydrogen-bond acceptors (Lipinski definition) is 4. The summed E-state index contributed by atoms with van der Waals surface area (Å²) >= 11 is 5.95. The van der Waals surface area contributed by atoms with Gasteiger partial charge in [0.1, 0.15) is 0 Å². The lowest BCUT2D eigenvalue weighted by molar-refractivity contribution is 0.791. The molecule has 4 aromatic rings. The van der Waals surface area contributed by atoms with Crippen LogP contribution in [0.25, 0.3) is 28.3 Å². The van der Waals surface area contributed by atoms with Gasteiger partial charge in [0, 0.05) is 10.6 Å². The molecule has 2 heterocycles. The molecule has 0 radical (unpaired) electrons. The van der Waals surface area contributed by atoms with Crippen LogP contribution < -0.4 is 0 Å². The number of tetrazole rings is 1. The summed E-state index contributed by atoms with van der Waals surface area (Å²) in [6.07, 6.45) is 1.73. The Kier molecular flexibility index (Phi) is 3.59. The number of nitrogens with one attached hydrogen (secondary N) is 1. The second-order valence-corrected chi connectivity index (χ2v) is 5.85. The van der Waals surface area contributed by atoms with Gasteiger partial charge in [-0.3, -0.25) is 5.10 Å². The predicted molar refractivity (Wildman–Crippen MR) is 91.9 cm³/mol. The highest BCUT2D eigenvalue weighted by molar-refractivity contribution is 6.30. The number of hydrogen-bond donors (Lipinski definition) is 1. The molecule has 0 fully saturated rings. The Labute approximate surface area is 143 Å². The Bertz CT molecular complexity index is 887. The van der Waals surface area contributed by atoms with E-state index in [1.807, 2.05) is 24.3 Å². The summed E-state index contributed by atoms with van der Waals surface area (Å²) in [5, 5.41) is 19.9. The molecule has 6 nitrogen and oxygen atoms in total. The number of aromatic nitrogens is 6. The van der Waals surface area contributed by atoms with Crippen molar-refractivity contribution in [1.29, 1.82) is 0 Å². The minimum Gasteiger partial charge on any atom is -0.277 e. The first-order valence-corrected chi connectivity index (χ1v) is 7.75. The van der Waals surface area contributed by atoms with Crippen LogP contribution in [-0.4, -0.2) is 30.4 Å². The molecular weight excluding hydrogens is 324 g/mol. The monoisotopic (exact) mass is 336 g/mol. The zero-order valence-electron chi connectivity index (χ0n) is 12.8. The fraction of sp³-hybridized carbons (Fsp3) is 0.0588. The summed E-state index contributed by atoms with van der Waals surface area (Å²) in [5.41, 5.74) is 4.76. The molecular formula is C17H13ClN6. The van der Waals surface area contributed by atoms with Crippen molar-refractivity contribution in [2.45, 2.75) is 6.92 Å². The molecule has 2 aromatic carbocycles. The molecule has 118 valence electrons. The quantitative estimate of drug-likeness (QED) is 0.619. The molecule has 0 aliphatic rings. The fourth-order valence-corrected chi connectivity index (χ4v) is 2.63. The highest BCUT2D eigenvalue weighted by Crippen LogP contribution is 2.29. The first-order valence-electron chi connectivity index (χ1n) is 7.37. The van der Waals surface area contributed by atoms with Gasteiger partial charge in [-0.1, -0.05) is 41.4 Å². The number of H-pyrrole nitrogens is 1. The van der Waals surface area contributed by atoms with Gasteiger partial charge in [0.25, 0.3) is 0 Å². The predicted octanol–water partition coefficient (Wildman–Crippen LogP) is 3.68. The molecule has 0 atom stereocenters. The average molecular weight is 337 g/mol. The van der Waals surface area contributed by atoms with E-state index in [-0.39, 0.29) is 0 Å². The maximum atomic E-state index is 5.95. The van der Waals surface area contributed by atoms with E-state index < -0.39 is 0 Å². The normalized spacial score (nSPS) is 10.9. The smallest absolute Gasteiger partial charge is 0.190 e. The second-order valence-electron chi connectivity index (χ2n) is 5.42. The SMILES string of the molecule is Cc1ccc(-c2[nH]ncc2-c2nnnn2-c2ccc(Cl)cc2)cc1. The van der Waals surface area contributed by atoms with Gasteiger partial charge in [-0.15, -0.1) is 5.10 Å². The van der Waals surface area contributed by atoms with E-state index in [0.29, 0.717) is 10.8 Å². The van der Waals surface area contributed by atoms with Crippen molar-refractivity contribution >= 4 is 11.6 Å². The zero-order chi connectivity index (χ0) is 16.5. The second kappa shape index (κ2) is 5.90. The summed E-state index contributed by atoms with van der Waals surface area (Å²) in [4.78, 5) is 0. The van der Waals surface area contributed by atoms with Gasteiger partial charge in [-0.05, 0) is 41.6 Å². The molecule has 4 rings (SSSR count). The highest BCUT2D eigenvalue weighted by Gasteiger charge is 2.17. The molecule has 0 aliphatic carbocycles. The van der Waals surface area contributed by atoms with Crippen molar-refractivity contribution in [3.05, 3.63) is 65.3 Å². The van der Waals surface area contributed by atoms with Crippen LogP contribution in [0.5, 0.6) is 0 Å². The number of aromatic amines is 1. The Hall–Kier alpha value is -2.99. The van der Waals surface area contributed by atoms with Gasteiger partial charge in [0.2, 0.25) is 0 Å². The van der Waals surface area contributed by atoms with Gasteiger partial charge in [-0.2, -0.15) is 9.78 Å². The summed E-state index contributed by atoms with van der Waals surface area (Å²) in [6, 6.07) is 15.6. The summed E-state index contributed by atoms with van der Waals surface area (Å²) in [5.74, 6) is 0.613. The van der Waals surface area contributed by atoms with Gasteiger partial charge < -0.3 is 0 Å². The summed E-state index contributed by atoms with van der Waals surface area (Å²) in [6.45, 7) is 2.05. The lowest BCUT2D eigenvalue weighted by Gasteiger charge is -2.06. The van der Waals surface area contributed by atoms with Crippen molar-refractivity contribution in [1.82, 2.24) is 30.4 Å². The molecule has 24 heavy (non-hydrogen) atoms. The van der Waals surface area contributed by atoms with Crippen LogP contribution in [0.2, 0.25) is 5.02 Å². The molecule has 0 amide bonds. The van der Waals surface area contributed by atoms with E-state index >= 15 is 0 Å². The third-order valence-corrected chi connectivity index (χ3v) is 4.01. The van der Waals surface area contributed by atoms with E-state index in [2.05, 4.69) is 44.8 Å². The zero-order valence-corrected chi connectivity index (χ0v) is 13.6. The number of halogens is 1. The Morgan fingerprint density at radius 1 is 1.00 bits per heavy atom. The van der Waals surface area contributed by atoms with E-state index in [1.54, 1.807) is 23.0 Å². The Morgan fingerprint density at radius 2 is 1.75 bits per heavy atom. The van der Waals surface area contributed by atoms with Crippen LogP contribution in [0.4, 0.5) is 0 Å². The van der Waals surface area contributed by atoms with E-state index in [1.165, 1.54) is 5.56 Å². The highest BCUT2D eigenvalue weighted by atomic mass is 35.5. The van der Waals surface area contributed by atoms with Crippen molar-refractivity contribution in [3.63, 3.8) is 0 Å². The molecule has 0 saturated carbocycles. The number of rotatable bonds is 3. The lowest BCUT2D eigenvalue weighted by atomic mass is 10.1. The molecule has 0 saturated heterocycles. The number of aryl methyl sites for hydroxylation is 1. The summed E-state index contributed by atoms with van der Waals surface area (Å²) in [7, 11) is 0. The summed E-state index contributed by atoms with van der Waals surface area (Å²) < 4.78 is 1.67. The third kappa shape index (κ3) is 2.57. The molecule has 0 spiro atoms. The van der Waals surface area contributed by atoms with Crippen LogP contribution in [0.3, 0.4) is 0 Å². The molecule has 0 bridgehead atoms. The molecule has 0 aliphatic heterocycles. The number of nitrogens with zero attached hydrogens (tertiary/aromatic N) is 5. The van der Waals surface area contributed by atoms with Crippen LogP contribution in [0.15, 0.2) is 54.7 Å². The van der Waals surface area contributed by atoms with Crippen molar-refractivity contribution in [2.24, 2.45) is 0 Å². The van der Waals surface area contributed by atoms with Crippen LogP contribution in [-0.2, 0) is 0 Å². The van der Waals surface area contributed by atoms with Gasteiger partial charge in [0.05, 0.1) is 23.1 Å². The Morgan fingerprint density at radius 3 is 2.50 bits per heavy atom. The van der Waals surface area contributed by atoms with Gasteiger partial charge in [0.15, 0.2) is 5.82 Å². The Balaban J connectivity index is 1.82. The first kappa shape index (κ1) is 14.6. The van der Waals surface area contributed by atoms with Gasteiger partial charge in [-0.25, -0.2) is 0 Å². The van der Waals surface area contributed by atoms with Gasteiger partial charge >= 0.3 is 0 Å². The van der Waals surface area contributed by atoms with Crippen LogP contribution in [0, 0.1) is 6.92 Å². The minimum absolute atomic E-state index is 0.613. The maximum absolute atomic E-state index is 5.95. The van der Waals surface area contributed by atoms with Crippen LogP contribution >= 0.6 is 11.6 Å². The molecule has 0 unspecified atom stereocenters. The van der Waals surface area contributed by atoms with E-state index in [0.717, 1.165) is 22.5 Å². The standard InChI is InChI=1S/C17H13ClN6/c1-11-2-4-12(5-3-11)16-15(10-19-20-16)17-21-22-23-24(17)14-8-6-13(18)7-9-14/h2-10H,1H3,(H,19,20). The fourth-order valence-electron chi connectivity index (χ4n) is 2.51. The molecule has 2 aromatic heterocycles. The average Bonchev–Trinajstić information content (AvgIpc) is 3.25.